The highest BCUT2D eigenvalue weighted by molar-refractivity contribution is 7.92. The number of carbonyl (C=O) groups excluding carboxylic acids is 1. The third-order valence-corrected chi connectivity index (χ3v) is 4.85. The lowest BCUT2D eigenvalue weighted by molar-refractivity contribution is -0.128. The first-order valence-electron chi connectivity index (χ1n) is 7.40. The van der Waals surface area contributed by atoms with Crippen LogP contribution in [0.5, 0.6) is 5.75 Å². The van der Waals surface area contributed by atoms with Crippen molar-refractivity contribution >= 4 is 33.2 Å². The van der Waals surface area contributed by atoms with Crippen molar-refractivity contribution in [3.63, 3.8) is 0 Å². The van der Waals surface area contributed by atoms with Gasteiger partial charge in [0.2, 0.25) is 10.0 Å². The molecule has 0 aromatic heterocycles. The second-order valence-corrected chi connectivity index (χ2v) is 8.32. The molecule has 1 atom stereocenters. The molecule has 0 unspecified atom stereocenters. The summed E-state index contributed by atoms with van der Waals surface area (Å²) in [6.07, 6.45) is 0.653. The summed E-state index contributed by atoms with van der Waals surface area (Å²) in [6, 6.07) is 4.73. The van der Waals surface area contributed by atoms with Crippen molar-refractivity contribution in [2.45, 2.75) is 26.4 Å². The van der Waals surface area contributed by atoms with E-state index in [1.807, 2.05) is 13.8 Å². The number of benzene rings is 1. The van der Waals surface area contributed by atoms with E-state index >= 15 is 0 Å². The van der Waals surface area contributed by atoms with E-state index in [9.17, 15) is 13.2 Å². The molecule has 1 aliphatic rings. The second-order valence-electron chi connectivity index (χ2n) is 5.98. The van der Waals surface area contributed by atoms with Crippen LogP contribution in [0.2, 0.25) is 5.02 Å². The molecule has 1 aliphatic heterocycles. The lowest BCUT2D eigenvalue weighted by Gasteiger charge is -2.21. The molecule has 2 rings (SSSR count). The number of halogens is 1. The summed E-state index contributed by atoms with van der Waals surface area (Å²) in [5.74, 6) is 0.417. The van der Waals surface area contributed by atoms with Crippen LogP contribution in [0.3, 0.4) is 0 Å². The average Bonchev–Trinajstić information content (AvgIpc) is 2.63. The number of nitrogens with one attached hydrogen (secondary N) is 1. The maximum atomic E-state index is 12.3. The Balaban J connectivity index is 2.29. The number of amides is 1. The zero-order valence-corrected chi connectivity index (χ0v) is 14.9. The third-order valence-electron chi connectivity index (χ3n) is 3.43. The fraction of sp³-hybridized carbons (Fsp3) is 0.533. The number of hydrogen-bond donors (Lipinski definition) is 1. The molecule has 23 heavy (non-hydrogen) atoms. The van der Waals surface area contributed by atoms with Gasteiger partial charge in [0.15, 0.2) is 6.10 Å². The Kier molecular flexibility index (Phi) is 5.41. The van der Waals surface area contributed by atoms with Crippen LogP contribution in [0.1, 0.15) is 20.3 Å². The number of rotatable bonds is 4. The number of sulfonamides is 1. The summed E-state index contributed by atoms with van der Waals surface area (Å²) in [4.78, 5) is 12.3. The van der Waals surface area contributed by atoms with E-state index < -0.39 is 16.1 Å². The first-order chi connectivity index (χ1) is 10.7. The van der Waals surface area contributed by atoms with E-state index in [4.69, 9.17) is 16.3 Å². The summed E-state index contributed by atoms with van der Waals surface area (Å²) in [5, 5.41) is 3.22. The topological polar surface area (TPSA) is 75.7 Å². The Morgan fingerprint density at radius 2 is 2.17 bits per heavy atom. The molecule has 1 amide bonds. The van der Waals surface area contributed by atoms with Crippen LogP contribution in [0.25, 0.3) is 0 Å². The van der Waals surface area contributed by atoms with E-state index in [2.05, 4.69) is 5.32 Å². The van der Waals surface area contributed by atoms with Crippen LogP contribution in [0, 0.1) is 5.92 Å². The highest BCUT2D eigenvalue weighted by Crippen LogP contribution is 2.36. The summed E-state index contributed by atoms with van der Waals surface area (Å²) >= 11 is 5.97. The molecule has 0 fully saturated rings. The van der Waals surface area contributed by atoms with Gasteiger partial charge in [0.25, 0.3) is 5.91 Å². The van der Waals surface area contributed by atoms with Crippen molar-refractivity contribution in [1.82, 2.24) is 5.32 Å². The number of hydrogen-bond acceptors (Lipinski definition) is 4. The van der Waals surface area contributed by atoms with Crippen molar-refractivity contribution in [3.05, 3.63) is 23.2 Å². The van der Waals surface area contributed by atoms with Gasteiger partial charge in [-0.2, -0.15) is 0 Å². The highest BCUT2D eigenvalue weighted by Gasteiger charge is 2.31. The Morgan fingerprint density at radius 3 is 2.78 bits per heavy atom. The van der Waals surface area contributed by atoms with Crippen LogP contribution < -0.4 is 14.4 Å². The van der Waals surface area contributed by atoms with E-state index in [1.54, 1.807) is 12.1 Å². The van der Waals surface area contributed by atoms with Gasteiger partial charge in [-0.3, -0.25) is 9.10 Å². The number of fused-ring (bicyclic) bond motifs is 1. The lowest BCUT2D eigenvalue weighted by Crippen LogP contribution is -2.41. The molecule has 0 saturated heterocycles. The zero-order chi connectivity index (χ0) is 17.2. The van der Waals surface area contributed by atoms with E-state index in [0.29, 0.717) is 28.9 Å². The number of carbonyl (C=O) groups is 1. The molecule has 0 radical (unpaired) electrons. The largest absolute Gasteiger partial charge is 0.478 e. The minimum absolute atomic E-state index is 0.159. The monoisotopic (exact) mass is 360 g/mol. The molecule has 1 aromatic rings. The van der Waals surface area contributed by atoms with Crippen molar-refractivity contribution in [2.24, 2.45) is 5.92 Å². The van der Waals surface area contributed by atoms with Crippen LogP contribution in [0.4, 0.5) is 5.69 Å². The molecule has 6 nitrogen and oxygen atoms in total. The zero-order valence-electron chi connectivity index (χ0n) is 13.4. The van der Waals surface area contributed by atoms with Gasteiger partial charge in [0, 0.05) is 24.5 Å². The van der Waals surface area contributed by atoms with Crippen LogP contribution in [-0.4, -0.2) is 39.8 Å². The Morgan fingerprint density at radius 1 is 1.48 bits per heavy atom. The lowest BCUT2D eigenvalue weighted by atomic mass is 10.2. The molecule has 1 heterocycles. The predicted octanol–water partition coefficient (Wildman–Crippen LogP) is 2.03. The molecular weight excluding hydrogens is 340 g/mol. The molecule has 0 saturated carbocycles. The fourth-order valence-electron chi connectivity index (χ4n) is 2.30. The SMILES string of the molecule is CC(C)CNC(=O)[C@@H]1CCN(S(C)(=O)=O)c2cc(Cl)ccc2O1. The van der Waals surface area contributed by atoms with Gasteiger partial charge in [-0.1, -0.05) is 25.4 Å². The minimum atomic E-state index is -3.49. The quantitative estimate of drug-likeness (QED) is 0.891. The number of anilines is 1. The maximum absolute atomic E-state index is 12.3. The molecule has 1 aromatic carbocycles. The van der Waals surface area contributed by atoms with Gasteiger partial charge in [-0.25, -0.2) is 8.42 Å². The van der Waals surface area contributed by atoms with Gasteiger partial charge >= 0.3 is 0 Å². The predicted molar refractivity (Wildman–Crippen MR) is 90.5 cm³/mol. The second kappa shape index (κ2) is 6.97. The van der Waals surface area contributed by atoms with E-state index in [-0.39, 0.29) is 18.9 Å². The van der Waals surface area contributed by atoms with E-state index in [0.717, 1.165) is 6.26 Å². The Hall–Kier alpha value is -1.47. The fourth-order valence-corrected chi connectivity index (χ4v) is 3.40. The van der Waals surface area contributed by atoms with Crippen LogP contribution in [-0.2, 0) is 14.8 Å². The first kappa shape index (κ1) is 17.9. The summed E-state index contributed by atoms with van der Waals surface area (Å²) in [7, 11) is -3.49. The average molecular weight is 361 g/mol. The summed E-state index contributed by atoms with van der Waals surface area (Å²) < 4.78 is 31.0. The molecule has 8 heteroatoms. The summed E-state index contributed by atoms with van der Waals surface area (Å²) in [5.41, 5.74) is 0.360. The van der Waals surface area contributed by atoms with Crippen molar-refractivity contribution in [2.75, 3.05) is 23.7 Å². The van der Waals surface area contributed by atoms with Gasteiger partial charge in [-0.05, 0) is 24.1 Å². The number of nitrogens with zero attached hydrogens (tertiary/aromatic N) is 1. The molecule has 0 spiro atoms. The van der Waals surface area contributed by atoms with Crippen molar-refractivity contribution < 1.29 is 17.9 Å². The third kappa shape index (κ3) is 4.51. The van der Waals surface area contributed by atoms with Crippen molar-refractivity contribution in [3.8, 4) is 5.75 Å². The van der Waals surface area contributed by atoms with Crippen LogP contribution in [0.15, 0.2) is 18.2 Å². The van der Waals surface area contributed by atoms with E-state index in [1.165, 1.54) is 10.4 Å². The Labute approximate surface area is 141 Å². The molecule has 1 N–H and O–H groups in total. The van der Waals surface area contributed by atoms with Gasteiger partial charge in [-0.15, -0.1) is 0 Å². The molecular formula is C15H21ClN2O4S. The first-order valence-corrected chi connectivity index (χ1v) is 9.62. The molecule has 128 valence electrons. The number of ether oxygens (including phenoxy) is 1. The van der Waals surface area contributed by atoms with Gasteiger partial charge in [0.05, 0.1) is 11.9 Å². The smallest absolute Gasteiger partial charge is 0.261 e. The van der Waals surface area contributed by atoms with Gasteiger partial charge < -0.3 is 10.1 Å². The normalized spacial score (nSPS) is 18.1. The van der Waals surface area contributed by atoms with Gasteiger partial charge in [0.1, 0.15) is 5.75 Å². The standard InChI is InChI=1S/C15H21ClN2O4S/c1-10(2)9-17-15(19)14-6-7-18(23(3,20)21)12-8-11(16)4-5-13(12)22-14/h4-5,8,10,14H,6-7,9H2,1-3H3,(H,17,19)/t14-/m0/s1. The van der Waals surface area contributed by atoms with Crippen LogP contribution >= 0.6 is 11.6 Å². The highest BCUT2D eigenvalue weighted by atomic mass is 35.5. The molecule has 0 aliphatic carbocycles. The van der Waals surface area contributed by atoms with Crippen molar-refractivity contribution in [1.29, 1.82) is 0 Å². The summed E-state index contributed by atoms with van der Waals surface area (Å²) in [6.45, 7) is 4.70. The minimum Gasteiger partial charge on any atom is -0.478 e. The maximum Gasteiger partial charge on any atom is 0.261 e. The molecule has 0 bridgehead atoms. The Bertz CT molecular complexity index is 691.